The van der Waals surface area contributed by atoms with E-state index in [1.807, 2.05) is 0 Å². The van der Waals surface area contributed by atoms with Gasteiger partial charge in [0.25, 0.3) is 0 Å². The predicted octanol–water partition coefficient (Wildman–Crippen LogP) is 1.91. The Labute approximate surface area is 116 Å². The van der Waals surface area contributed by atoms with Crippen molar-refractivity contribution < 1.29 is 9.13 Å². The second-order valence-electron chi connectivity index (χ2n) is 5.05. The van der Waals surface area contributed by atoms with E-state index in [0.717, 1.165) is 18.2 Å². The highest BCUT2D eigenvalue weighted by Crippen LogP contribution is 2.27. The van der Waals surface area contributed by atoms with E-state index in [9.17, 15) is 4.39 Å². The molecule has 1 aromatic carbocycles. The summed E-state index contributed by atoms with van der Waals surface area (Å²) >= 11 is 0. The summed E-state index contributed by atoms with van der Waals surface area (Å²) in [7, 11) is 1.44. The fourth-order valence-corrected chi connectivity index (χ4v) is 2.03. The number of halogens is 1. The van der Waals surface area contributed by atoms with Gasteiger partial charge in [-0.2, -0.15) is 0 Å². The van der Waals surface area contributed by atoms with Crippen molar-refractivity contribution in [3.63, 3.8) is 0 Å². The predicted molar refractivity (Wildman–Crippen MR) is 72.3 cm³/mol. The lowest BCUT2D eigenvalue weighted by Gasteiger charge is -2.04. The lowest BCUT2D eigenvalue weighted by Crippen LogP contribution is -2.16. The van der Waals surface area contributed by atoms with Crippen molar-refractivity contribution in [2.24, 2.45) is 5.92 Å². The summed E-state index contributed by atoms with van der Waals surface area (Å²) in [5.41, 5.74) is 1.48. The summed E-state index contributed by atoms with van der Waals surface area (Å²) in [5, 5.41) is 11.4. The summed E-state index contributed by atoms with van der Waals surface area (Å²) in [5.74, 6) is 0.648. The van der Waals surface area contributed by atoms with Gasteiger partial charge in [-0.15, -0.1) is 5.10 Å². The third-order valence-electron chi connectivity index (χ3n) is 3.38. The topological polar surface area (TPSA) is 52.0 Å². The van der Waals surface area contributed by atoms with Crippen molar-refractivity contribution in [1.29, 1.82) is 0 Å². The van der Waals surface area contributed by atoms with Gasteiger partial charge < -0.3 is 10.1 Å². The summed E-state index contributed by atoms with van der Waals surface area (Å²) in [6.45, 7) is 1.72. The normalized spacial score (nSPS) is 14.5. The van der Waals surface area contributed by atoms with Gasteiger partial charge in [0.05, 0.1) is 24.7 Å². The van der Waals surface area contributed by atoms with Crippen LogP contribution in [-0.4, -0.2) is 28.6 Å². The number of rotatable bonds is 6. The summed E-state index contributed by atoms with van der Waals surface area (Å²) in [4.78, 5) is 0. The molecule has 3 rings (SSSR count). The molecular weight excluding hydrogens is 259 g/mol. The highest BCUT2D eigenvalue weighted by atomic mass is 19.1. The minimum Gasteiger partial charge on any atom is -0.494 e. The van der Waals surface area contributed by atoms with E-state index in [4.69, 9.17) is 4.74 Å². The smallest absolute Gasteiger partial charge is 0.167 e. The van der Waals surface area contributed by atoms with Gasteiger partial charge in [-0.3, -0.25) is 0 Å². The standard InChI is InChI=1S/C14H17FN4O/c1-20-14-5-4-12(6-13(14)15)19-9-11(17-18-19)8-16-7-10-2-3-10/h4-6,9-10,16H,2-3,7-8H2,1H3. The summed E-state index contributed by atoms with van der Waals surface area (Å²) in [6.07, 6.45) is 4.46. The van der Waals surface area contributed by atoms with Gasteiger partial charge >= 0.3 is 0 Å². The summed E-state index contributed by atoms with van der Waals surface area (Å²) < 4.78 is 20.1. The van der Waals surface area contributed by atoms with Crippen LogP contribution < -0.4 is 10.1 Å². The Morgan fingerprint density at radius 3 is 3.00 bits per heavy atom. The van der Waals surface area contributed by atoms with E-state index < -0.39 is 5.82 Å². The quantitative estimate of drug-likeness (QED) is 0.875. The van der Waals surface area contributed by atoms with Gasteiger partial charge in [-0.25, -0.2) is 9.07 Å². The van der Waals surface area contributed by atoms with Gasteiger partial charge in [0.15, 0.2) is 11.6 Å². The number of nitrogens with one attached hydrogen (secondary N) is 1. The molecule has 1 saturated carbocycles. The van der Waals surface area contributed by atoms with Gasteiger partial charge in [0.2, 0.25) is 0 Å². The number of ether oxygens (including phenoxy) is 1. The second kappa shape index (κ2) is 5.58. The van der Waals surface area contributed by atoms with Gasteiger partial charge in [0, 0.05) is 12.6 Å². The molecule has 1 aromatic heterocycles. The molecular formula is C14H17FN4O. The fraction of sp³-hybridized carbons (Fsp3) is 0.429. The van der Waals surface area contributed by atoms with Crippen LogP contribution in [0.2, 0.25) is 0 Å². The molecule has 0 saturated heterocycles. The van der Waals surface area contributed by atoms with Crippen LogP contribution in [0.4, 0.5) is 4.39 Å². The first kappa shape index (κ1) is 13.1. The zero-order chi connectivity index (χ0) is 13.9. The first-order valence-electron chi connectivity index (χ1n) is 6.72. The molecule has 0 bridgehead atoms. The van der Waals surface area contributed by atoms with Crippen molar-refractivity contribution in [2.75, 3.05) is 13.7 Å². The lowest BCUT2D eigenvalue weighted by molar-refractivity contribution is 0.386. The van der Waals surface area contributed by atoms with Crippen LogP contribution in [0.3, 0.4) is 0 Å². The second-order valence-corrected chi connectivity index (χ2v) is 5.05. The SMILES string of the molecule is COc1ccc(-n2cc(CNCC3CC3)nn2)cc1F. The Kier molecular flexibility index (Phi) is 3.64. The van der Waals surface area contributed by atoms with Gasteiger partial charge in [0.1, 0.15) is 0 Å². The monoisotopic (exact) mass is 276 g/mol. The maximum absolute atomic E-state index is 13.6. The number of methoxy groups -OCH3 is 1. The molecule has 2 aromatic rings. The van der Waals surface area contributed by atoms with Crippen molar-refractivity contribution in [2.45, 2.75) is 19.4 Å². The third kappa shape index (κ3) is 2.96. The largest absolute Gasteiger partial charge is 0.494 e. The highest BCUT2D eigenvalue weighted by molar-refractivity contribution is 5.38. The Morgan fingerprint density at radius 2 is 2.30 bits per heavy atom. The molecule has 1 aliphatic rings. The van der Waals surface area contributed by atoms with Crippen LogP contribution in [0.1, 0.15) is 18.5 Å². The first-order chi connectivity index (χ1) is 9.76. The zero-order valence-electron chi connectivity index (χ0n) is 11.3. The molecule has 0 unspecified atom stereocenters. The Bertz CT molecular complexity index is 595. The molecule has 20 heavy (non-hydrogen) atoms. The zero-order valence-corrected chi connectivity index (χ0v) is 11.3. The van der Waals surface area contributed by atoms with Gasteiger partial charge in [-0.1, -0.05) is 5.21 Å². The van der Waals surface area contributed by atoms with E-state index in [1.54, 1.807) is 23.0 Å². The molecule has 1 fully saturated rings. The molecule has 0 aliphatic heterocycles. The molecule has 1 aliphatic carbocycles. The van der Waals surface area contributed by atoms with Crippen LogP contribution in [0.5, 0.6) is 5.75 Å². The number of aromatic nitrogens is 3. The third-order valence-corrected chi connectivity index (χ3v) is 3.38. The van der Waals surface area contributed by atoms with E-state index in [0.29, 0.717) is 12.2 Å². The number of benzene rings is 1. The van der Waals surface area contributed by atoms with Crippen LogP contribution in [0.25, 0.3) is 5.69 Å². The minimum absolute atomic E-state index is 0.222. The van der Waals surface area contributed by atoms with E-state index in [1.165, 1.54) is 26.0 Å². The lowest BCUT2D eigenvalue weighted by atomic mass is 10.3. The summed E-state index contributed by atoms with van der Waals surface area (Å²) in [6, 6.07) is 4.71. The average molecular weight is 276 g/mol. The van der Waals surface area contributed by atoms with Crippen molar-refractivity contribution in [3.05, 3.63) is 35.9 Å². The van der Waals surface area contributed by atoms with Crippen molar-refractivity contribution in [1.82, 2.24) is 20.3 Å². The Morgan fingerprint density at radius 1 is 1.45 bits per heavy atom. The van der Waals surface area contributed by atoms with Crippen LogP contribution in [0.15, 0.2) is 24.4 Å². The maximum Gasteiger partial charge on any atom is 0.167 e. The number of nitrogens with zero attached hydrogens (tertiary/aromatic N) is 3. The number of hydrogen-bond acceptors (Lipinski definition) is 4. The highest BCUT2D eigenvalue weighted by Gasteiger charge is 2.20. The van der Waals surface area contributed by atoms with Crippen LogP contribution >= 0.6 is 0 Å². The van der Waals surface area contributed by atoms with E-state index in [2.05, 4.69) is 15.6 Å². The first-order valence-corrected chi connectivity index (χ1v) is 6.72. The maximum atomic E-state index is 13.6. The molecule has 106 valence electrons. The number of hydrogen-bond donors (Lipinski definition) is 1. The van der Waals surface area contributed by atoms with Crippen LogP contribution in [0, 0.1) is 11.7 Å². The fourth-order valence-electron chi connectivity index (χ4n) is 2.03. The molecule has 0 radical (unpaired) electrons. The van der Waals surface area contributed by atoms with Crippen molar-refractivity contribution in [3.8, 4) is 11.4 Å². The molecule has 5 nitrogen and oxygen atoms in total. The Hall–Kier alpha value is -1.95. The van der Waals surface area contributed by atoms with E-state index >= 15 is 0 Å². The molecule has 1 N–H and O–H groups in total. The molecule has 6 heteroatoms. The molecule has 0 amide bonds. The van der Waals surface area contributed by atoms with Crippen LogP contribution in [-0.2, 0) is 6.54 Å². The molecule has 0 spiro atoms. The Balaban J connectivity index is 1.67. The van der Waals surface area contributed by atoms with Crippen molar-refractivity contribution >= 4 is 0 Å². The molecule has 0 atom stereocenters. The molecule has 1 heterocycles. The average Bonchev–Trinajstić information content (AvgIpc) is 3.15. The van der Waals surface area contributed by atoms with Gasteiger partial charge in [-0.05, 0) is 37.4 Å². The van der Waals surface area contributed by atoms with E-state index in [-0.39, 0.29) is 5.75 Å². The minimum atomic E-state index is -0.408.